The first kappa shape index (κ1) is 67.8. The van der Waals surface area contributed by atoms with E-state index in [1.165, 1.54) is 0 Å². The van der Waals surface area contributed by atoms with E-state index in [1.807, 2.05) is 112 Å². The minimum Gasteiger partial charge on any atom is -0.489 e. The molecule has 0 saturated heterocycles. The van der Waals surface area contributed by atoms with Crippen molar-refractivity contribution < 1.29 is 48.1 Å². The summed E-state index contributed by atoms with van der Waals surface area (Å²) in [5.74, 6) is -3.65. The molecule has 18 nitrogen and oxygen atoms in total. The van der Waals surface area contributed by atoms with Crippen LogP contribution in [0.3, 0.4) is 0 Å². The third-order valence-corrected chi connectivity index (χ3v) is 14.5. The van der Waals surface area contributed by atoms with E-state index in [9.17, 15) is 33.9 Å². The first-order valence-corrected chi connectivity index (χ1v) is 29.7. The van der Waals surface area contributed by atoms with Gasteiger partial charge in [-0.3, -0.25) is 24.0 Å². The third kappa shape index (κ3) is 24.8. The molecule has 0 aliphatic heterocycles. The zero-order chi connectivity index (χ0) is 60.0. The number of rotatable bonds is 39. The Hall–Kier alpha value is -6.67. The molecule has 0 bridgehead atoms. The summed E-state index contributed by atoms with van der Waals surface area (Å²) in [6, 6.07) is 28.4. The van der Waals surface area contributed by atoms with Crippen molar-refractivity contribution in [2.24, 2.45) is 35.0 Å². The van der Waals surface area contributed by atoms with Gasteiger partial charge < -0.3 is 63.1 Å². The summed E-state index contributed by atoms with van der Waals surface area (Å²) >= 11 is 4.32. The second-order valence-corrected chi connectivity index (χ2v) is 22.4. The van der Waals surface area contributed by atoms with Crippen LogP contribution in [0, 0.1) is 17.8 Å². The number of hydrogen-bond donors (Lipinski definition) is 10. The highest BCUT2D eigenvalue weighted by atomic mass is 32.1. The van der Waals surface area contributed by atoms with E-state index in [1.54, 1.807) is 32.9 Å². The number of amides is 5. The minimum atomic E-state index is -1.17. The van der Waals surface area contributed by atoms with Gasteiger partial charge in [-0.15, -0.1) is 0 Å². The number of unbranched alkanes of at least 4 members (excludes halogenated alkanes) is 2. The number of ether oxygens (including phenoxy) is 3. The summed E-state index contributed by atoms with van der Waals surface area (Å²) in [6.07, 6.45) is 5.95. The van der Waals surface area contributed by atoms with Crippen LogP contribution in [0.1, 0.15) is 126 Å². The predicted molar refractivity (Wildman–Crippen MR) is 325 cm³/mol. The standard InChI is InChI=1S/C63H92N8O10S/c1-7-43(6)57(62(76)69-51(63(77)78)34-41(2)3)71-61(75)56(42(4)5)70-60(74)52(40-82)68-55(72)26-18-11-19-30-67-59(73)47-38-53(79-31-27-48(64)35-44-20-12-8-13-21-44)58(81-33-29-50(66)37-46-24-16-10-17-25-46)54(39-47)80-32-28-49(65)36-45-22-14-9-15-23-45/h8-10,12-17,20-25,38-39,41-43,48-52,56-57,82H,7,11,18-19,26-37,40,64-66H2,1-6H3,(H,67,73)(H,68,72)(H,69,76)(H,70,74)(H,71,75)(H,77,78)/t43-,48+,49+,50+,51-,52-,56-,57-/m0/s1. The van der Waals surface area contributed by atoms with Crippen molar-refractivity contribution >= 4 is 48.1 Å². The van der Waals surface area contributed by atoms with Crippen molar-refractivity contribution in [1.29, 1.82) is 0 Å². The third-order valence-electron chi connectivity index (χ3n) is 14.1. The molecular weight excluding hydrogens is 1060 g/mol. The molecule has 0 fully saturated rings. The number of hydrogen-bond acceptors (Lipinski definition) is 13. The summed E-state index contributed by atoms with van der Waals surface area (Å²) in [4.78, 5) is 79.7. The van der Waals surface area contributed by atoms with Crippen molar-refractivity contribution in [3.8, 4) is 17.2 Å². The van der Waals surface area contributed by atoms with Gasteiger partial charge in [-0.05, 0) is 104 Å². The lowest BCUT2D eigenvalue weighted by atomic mass is 9.95. The minimum absolute atomic E-state index is 0.00436. The van der Waals surface area contributed by atoms with Gasteiger partial charge in [0.05, 0.1) is 19.8 Å². The van der Waals surface area contributed by atoms with Crippen LogP contribution in [0.5, 0.6) is 17.2 Å². The van der Waals surface area contributed by atoms with Gasteiger partial charge in [-0.25, -0.2) is 4.79 Å². The van der Waals surface area contributed by atoms with Crippen LogP contribution in [-0.2, 0) is 43.2 Å². The number of carboxylic acid groups (broad SMARTS) is 1. The number of carbonyl (C=O) groups is 6. The van der Waals surface area contributed by atoms with Crippen LogP contribution in [0.25, 0.3) is 0 Å². The van der Waals surface area contributed by atoms with Crippen molar-refractivity contribution in [2.75, 3.05) is 32.1 Å². The SMILES string of the molecule is CC[C@H](C)[C@H](NC(=O)[C@@H](NC(=O)[C@H](CS)NC(=O)CCCCCNC(=O)c1cc(OCC[C@@H](N)Cc2ccccc2)c(OCC[C@@H](N)Cc2ccccc2)c(OCC[C@@H](N)Cc2ccccc2)c1)C(C)C)C(=O)N[C@@H](CC(C)C)C(=O)O. The number of aliphatic carboxylic acids is 1. The van der Waals surface area contributed by atoms with E-state index in [2.05, 4.69) is 39.2 Å². The Labute approximate surface area is 491 Å². The van der Waals surface area contributed by atoms with Crippen molar-refractivity contribution in [3.05, 3.63) is 125 Å². The van der Waals surface area contributed by atoms with Gasteiger partial charge in [0.25, 0.3) is 5.91 Å². The number of carbonyl (C=O) groups excluding carboxylic acids is 5. The number of nitrogens with one attached hydrogen (secondary N) is 5. The average molecular weight is 1150 g/mol. The maximum Gasteiger partial charge on any atom is 0.326 e. The van der Waals surface area contributed by atoms with Crippen LogP contribution < -0.4 is 58.0 Å². The molecule has 8 atom stereocenters. The summed E-state index contributed by atoms with van der Waals surface area (Å²) in [7, 11) is 0. The predicted octanol–water partition coefficient (Wildman–Crippen LogP) is 6.70. The zero-order valence-corrected chi connectivity index (χ0v) is 49.8. The van der Waals surface area contributed by atoms with E-state index in [4.69, 9.17) is 31.4 Å². The van der Waals surface area contributed by atoms with E-state index in [0.29, 0.717) is 93.6 Å². The van der Waals surface area contributed by atoms with Crippen LogP contribution in [0.15, 0.2) is 103 Å². The van der Waals surface area contributed by atoms with Crippen molar-refractivity contribution in [1.82, 2.24) is 26.6 Å². The Kier molecular flexibility index (Phi) is 30.4. The average Bonchev–Trinajstić information content (AvgIpc) is 3.55. The summed E-state index contributed by atoms with van der Waals surface area (Å²) in [6.45, 7) is 11.8. The fourth-order valence-corrected chi connectivity index (χ4v) is 9.37. The molecule has 82 heavy (non-hydrogen) atoms. The molecule has 0 aromatic heterocycles. The topological polar surface area (TPSA) is 289 Å². The lowest BCUT2D eigenvalue weighted by Gasteiger charge is -2.30. The Morgan fingerprint density at radius 1 is 0.573 bits per heavy atom. The molecule has 0 radical (unpaired) electrons. The van der Waals surface area contributed by atoms with Crippen LogP contribution in [0.4, 0.5) is 0 Å². The maximum atomic E-state index is 14.0. The molecule has 0 saturated carbocycles. The second kappa shape index (κ2) is 36.7. The summed E-state index contributed by atoms with van der Waals surface area (Å²) in [5, 5.41) is 23.5. The number of nitrogens with two attached hydrogens (primary N) is 3. The van der Waals surface area contributed by atoms with Crippen molar-refractivity contribution in [2.45, 2.75) is 161 Å². The molecule has 450 valence electrons. The number of carboxylic acids is 1. The van der Waals surface area contributed by atoms with Crippen LogP contribution in [0.2, 0.25) is 0 Å². The van der Waals surface area contributed by atoms with E-state index in [-0.39, 0.29) is 74.3 Å². The highest BCUT2D eigenvalue weighted by molar-refractivity contribution is 7.80. The fraction of sp³-hybridized carbons (Fsp3) is 0.524. The first-order chi connectivity index (χ1) is 39.3. The normalized spacial score (nSPS) is 14.2. The van der Waals surface area contributed by atoms with Gasteiger partial charge in [-0.2, -0.15) is 12.6 Å². The van der Waals surface area contributed by atoms with Gasteiger partial charge in [0.15, 0.2) is 11.5 Å². The molecule has 4 aromatic rings. The Morgan fingerprint density at radius 3 is 1.48 bits per heavy atom. The molecule has 0 unspecified atom stereocenters. The Bertz CT molecular complexity index is 2490. The highest BCUT2D eigenvalue weighted by Gasteiger charge is 2.34. The number of thiol groups is 1. The van der Waals surface area contributed by atoms with E-state index >= 15 is 0 Å². The monoisotopic (exact) mass is 1150 g/mol. The molecule has 5 amide bonds. The molecule has 4 aromatic carbocycles. The molecule has 0 aliphatic carbocycles. The maximum absolute atomic E-state index is 14.0. The largest absolute Gasteiger partial charge is 0.489 e. The molecule has 12 N–H and O–H groups in total. The molecule has 4 rings (SSSR count). The van der Waals surface area contributed by atoms with Crippen molar-refractivity contribution in [3.63, 3.8) is 0 Å². The summed E-state index contributed by atoms with van der Waals surface area (Å²) < 4.78 is 19.3. The smallest absolute Gasteiger partial charge is 0.326 e. The molecule has 0 aliphatic rings. The van der Waals surface area contributed by atoms with Crippen LogP contribution in [-0.4, -0.2) is 115 Å². The highest BCUT2D eigenvalue weighted by Crippen LogP contribution is 2.40. The van der Waals surface area contributed by atoms with Gasteiger partial charge in [0.1, 0.15) is 24.2 Å². The lowest BCUT2D eigenvalue weighted by molar-refractivity contribution is -0.143. The van der Waals surface area contributed by atoms with Gasteiger partial charge in [0, 0.05) is 42.4 Å². The molecule has 0 spiro atoms. The Morgan fingerprint density at radius 2 is 1.04 bits per heavy atom. The Balaban J connectivity index is 1.38. The quantitative estimate of drug-likeness (QED) is 0.0165. The first-order valence-electron chi connectivity index (χ1n) is 29.0. The molecule has 19 heteroatoms. The van der Waals surface area contributed by atoms with Gasteiger partial charge in [0.2, 0.25) is 29.4 Å². The fourth-order valence-electron chi connectivity index (χ4n) is 9.11. The van der Waals surface area contributed by atoms with Crippen LogP contribution >= 0.6 is 12.6 Å². The molecule has 0 heterocycles. The van der Waals surface area contributed by atoms with E-state index < -0.39 is 59.7 Å². The number of benzene rings is 4. The lowest BCUT2D eigenvalue weighted by Crippen LogP contribution is -2.60. The van der Waals surface area contributed by atoms with Gasteiger partial charge in [-0.1, -0.05) is 145 Å². The zero-order valence-electron chi connectivity index (χ0n) is 48.9. The van der Waals surface area contributed by atoms with Gasteiger partial charge >= 0.3 is 5.97 Å². The summed E-state index contributed by atoms with van der Waals surface area (Å²) in [5.41, 5.74) is 23.4. The molecular formula is C63H92N8O10S. The second-order valence-electron chi connectivity index (χ2n) is 22.1. The van der Waals surface area contributed by atoms with E-state index in [0.717, 1.165) is 16.7 Å².